The van der Waals surface area contributed by atoms with E-state index < -0.39 is 58.4 Å². The van der Waals surface area contributed by atoms with Crippen molar-refractivity contribution in [1.29, 1.82) is 0 Å². The zero-order valence-corrected chi connectivity index (χ0v) is 33.7. The Balaban J connectivity index is 3.96. The first-order valence-corrected chi connectivity index (χ1v) is 21.9. The molecular weight excluding hydrogens is 683 g/mol. The molecular formula is C41H75O10P. The van der Waals surface area contributed by atoms with E-state index in [2.05, 4.69) is 50.3 Å². The molecule has 3 atom stereocenters. The van der Waals surface area contributed by atoms with Crippen LogP contribution in [0.3, 0.4) is 0 Å². The monoisotopic (exact) mass is 759 g/mol. The summed E-state index contributed by atoms with van der Waals surface area (Å²) in [4.78, 5) is 34.4. The summed E-state index contributed by atoms with van der Waals surface area (Å²) in [5, 5.41) is 19.1. The number of carbonyl (C=O) groups is 2. The molecule has 0 heterocycles. The number of carbonyl (C=O) groups excluding carboxylic acids is 2. The second-order valence-corrected chi connectivity index (χ2v) is 15.0. The first-order chi connectivity index (χ1) is 25.3. The van der Waals surface area contributed by atoms with Gasteiger partial charge in [0.2, 0.25) is 0 Å². The molecule has 0 aromatic heterocycles. The van der Waals surface area contributed by atoms with Gasteiger partial charge in [0, 0.05) is 12.8 Å². The molecule has 0 aliphatic heterocycles. The largest absolute Gasteiger partial charge is 0.472 e. The van der Waals surface area contributed by atoms with Crippen molar-refractivity contribution in [3.63, 3.8) is 0 Å². The summed E-state index contributed by atoms with van der Waals surface area (Å²) in [7, 11) is -4.64. The molecule has 0 saturated heterocycles. The van der Waals surface area contributed by atoms with Crippen LogP contribution in [0, 0.1) is 0 Å². The zero-order chi connectivity index (χ0) is 38.4. The molecule has 0 radical (unpaired) electrons. The summed E-state index contributed by atoms with van der Waals surface area (Å²) >= 11 is 0. The van der Waals surface area contributed by atoms with Crippen molar-refractivity contribution < 1.29 is 47.8 Å². The number of rotatable bonds is 38. The number of hydrogen-bond donors (Lipinski definition) is 3. The molecule has 0 aliphatic rings. The fourth-order valence-electron chi connectivity index (χ4n) is 5.48. The van der Waals surface area contributed by atoms with Crippen LogP contribution in [0.4, 0.5) is 0 Å². The van der Waals surface area contributed by atoms with E-state index in [1.165, 1.54) is 77.0 Å². The Bertz CT molecular complexity index is 967. The molecule has 0 amide bonds. The van der Waals surface area contributed by atoms with Crippen LogP contribution < -0.4 is 0 Å². The van der Waals surface area contributed by atoms with Gasteiger partial charge in [-0.2, -0.15) is 0 Å². The first kappa shape index (κ1) is 50.2. The molecule has 0 bridgehead atoms. The smallest absolute Gasteiger partial charge is 0.457 e. The van der Waals surface area contributed by atoms with Crippen LogP contribution in [0.25, 0.3) is 0 Å². The van der Waals surface area contributed by atoms with Crippen LogP contribution in [-0.2, 0) is 32.7 Å². The molecule has 3 N–H and O–H groups in total. The number of esters is 2. The number of phosphoric acid groups is 1. The molecule has 304 valence electrons. The number of unbranched alkanes of at least 4 members (excludes halogenated alkanes) is 18. The molecule has 11 heteroatoms. The summed E-state index contributed by atoms with van der Waals surface area (Å²) in [6.07, 6.45) is 36.9. The summed E-state index contributed by atoms with van der Waals surface area (Å²) < 4.78 is 32.5. The normalized spacial score (nSPS) is 14.3. The minimum Gasteiger partial charge on any atom is -0.457 e. The van der Waals surface area contributed by atoms with Crippen molar-refractivity contribution in [3.8, 4) is 0 Å². The lowest BCUT2D eigenvalue weighted by atomic mass is 10.0. The second-order valence-electron chi connectivity index (χ2n) is 13.6. The Morgan fingerprint density at radius 2 is 0.904 bits per heavy atom. The van der Waals surface area contributed by atoms with E-state index in [1.807, 2.05) is 0 Å². The van der Waals surface area contributed by atoms with Gasteiger partial charge in [0.1, 0.15) is 12.2 Å². The Kier molecular flexibility index (Phi) is 36.2. The van der Waals surface area contributed by atoms with Crippen molar-refractivity contribution >= 4 is 19.8 Å². The third kappa shape index (κ3) is 35.2. The van der Waals surface area contributed by atoms with Crippen molar-refractivity contribution in [1.82, 2.24) is 0 Å². The van der Waals surface area contributed by atoms with E-state index in [0.29, 0.717) is 12.8 Å². The summed E-state index contributed by atoms with van der Waals surface area (Å²) in [6.45, 7) is 2.06. The molecule has 0 aromatic carbocycles. The molecule has 0 saturated carbocycles. The topological polar surface area (TPSA) is 149 Å². The Labute approximate surface area is 316 Å². The molecule has 10 nitrogen and oxygen atoms in total. The quantitative estimate of drug-likeness (QED) is 0.0240. The minimum absolute atomic E-state index is 0.157. The summed E-state index contributed by atoms with van der Waals surface area (Å²) in [5.41, 5.74) is 0. The van der Waals surface area contributed by atoms with Gasteiger partial charge < -0.3 is 24.6 Å². The van der Waals surface area contributed by atoms with Crippen LogP contribution in [0.15, 0.2) is 36.5 Å². The van der Waals surface area contributed by atoms with Crippen LogP contribution in [0.1, 0.15) is 174 Å². The van der Waals surface area contributed by atoms with Crippen molar-refractivity contribution in [2.75, 3.05) is 26.4 Å². The van der Waals surface area contributed by atoms with E-state index in [1.54, 1.807) is 0 Å². The van der Waals surface area contributed by atoms with Crippen LogP contribution in [0.2, 0.25) is 0 Å². The van der Waals surface area contributed by atoms with Gasteiger partial charge >= 0.3 is 19.8 Å². The number of phosphoric ester groups is 1. The van der Waals surface area contributed by atoms with Crippen LogP contribution in [-0.4, -0.2) is 65.7 Å². The third-order valence-corrected chi connectivity index (χ3v) is 9.57. The fourth-order valence-corrected chi connectivity index (χ4v) is 6.27. The van der Waals surface area contributed by atoms with Crippen molar-refractivity contribution in [2.45, 2.75) is 187 Å². The lowest BCUT2D eigenvalue weighted by molar-refractivity contribution is -0.153. The SMILES string of the molecule is CC/C=C\C/C=C\C/C=C\CCCCCC(=O)OC(CO)COP(=O)(O)OCC(CO)OC(=O)CCCCCCCCCCCCCCCCCC. The van der Waals surface area contributed by atoms with E-state index in [4.69, 9.17) is 18.5 Å². The third-order valence-electron chi connectivity index (χ3n) is 8.62. The van der Waals surface area contributed by atoms with E-state index in [-0.39, 0.29) is 12.8 Å². The van der Waals surface area contributed by atoms with Gasteiger partial charge in [-0.3, -0.25) is 18.6 Å². The fraction of sp³-hybridized carbons (Fsp3) is 0.805. The minimum atomic E-state index is -4.64. The van der Waals surface area contributed by atoms with Gasteiger partial charge in [-0.1, -0.05) is 153 Å². The van der Waals surface area contributed by atoms with Gasteiger partial charge in [0.05, 0.1) is 26.4 Å². The molecule has 0 aliphatic carbocycles. The van der Waals surface area contributed by atoms with E-state index in [9.17, 15) is 29.3 Å². The Morgan fingerprint density at radius 1 is 0.538 bits per heavy atom. The molecule has 0 aromatic rings. The van der Waals surface area contributed by atoms with Crippen molar-refractivity contribution in [3.05, 3.63) is 36.5 Å². The highest BCUT2D eigenvalue weighted by Crippen LogP contribution is 2.43. The Morgan fingerprint density at radius 3 is 1.31 bits per heavy atom. The summed E-state index contributed by atoms with van der Waals surface area (Å²) in [5.74, 6) is -1.05. The predicted octanol–water partition coefficient (Wildman–Crippen LogP) is 10.4. The van der Waals surface area contributed by atoms with Crippen LogP contribution >= 0.6 is 7.82 Å². The number of ether oxygens (including phenoxy) is 2. The van der Waals surface area contributed by atoms with Gasteiger partial charge in [-0.25, -0.2) is 4.57 Å². The standard InChI is InChI=1S/C41H75O10P/c1-3-5-7-9-11-13-15-17-18-19-21-23-25-27-29-31-33-41(45)51-39(35-43)37-49-52(46,47)48-36-38(34-42)50-40(44)32-30-28-26-24-22-20-16-14-12-10-8-6-4-2/h6,8,12,14,20,22,38-39,42-43H,3-5,7,9-11,13,15-19,21,23-37H2,1-2H3,(H,46,47)/b8-6-,14-12-,22-20-. The number of hydrogen-bond acceptors (Lipinski definition) is 9. The number of allylic oxidation sites excluding steroid dienone is 6. The molecule has 0 fully saturated rings. The predicted molar refractivity (Wildman–Crippen MR) is 210 cm³/mol. The van der Waals surface area contributed by atoms with Gasteiger partial charge in [0.15, 0.2) is 0 Å². The molecule has 3 unspecified atom stereocenters. The highest BCUT2D eigenvalue weighted by molar-refractivity contribution is 7.47. The van der Waals surface area contributed by atoms with Crippen molar-refractivity contribution in [2.24, 2.45) is 0 Å². The van der Waals surface area contributed by atoms with Gasteiger partial charge in [-0.15, -0.1) is 0 Å². The highest BCUT2D eigenvalue weighted by Gasteiger charge is 2.27. The first-order valence-electron chi connectivity index (χ1n) is 20.4. The van der Waals surface area contributed by atoms with E-state index >= 15 is 0 Å². The maximum absolute atomic E-state index is 12.3. The number of aliphatic hydroxyl groups is 2. The van der Waals surface area contributed by atoms with Gasteiger partial charge in [-0.05, 0) is 44.9 Å². The number of aliphatic hydroxyl groups excluding tert-OH is 2. The molecule has 0 spiro atoms. The lowest BCUT2D eigenvalue weighted by Gasteiger charge is -2.20. The molecule has 52 heavy (non-hydrogen) atoms. The Hall–Kier alpha value is -1.81. The van der Waals surface area contributed by atoms with Gasteiger partial charge in [0.25, 0.3) is 0 Å². The highest BCUT2D eigenvalue weighted by atomic mass is 31.2. The summed E-state index contributed by atoms with van der Waals surface area (Å²) in [6, 6.07) is 0. The molecule has 0 rings (SSSR count). The lowest BCUT2D eigenvalue weighted by Crippen LogP contribution is -2.28. The van der Waals surface area contributed by atoms with Crippen LogP contribution in [0.5, 0.6) is 0 Å². The average Bonchev–Trinajstić information content (AvgIpc) is 3.13. The average molecular weight is 759 g/mol. The maximum atomic E-state index is 12.3. The second kappa shape index (κ2) is 37.5. The van der Waals surface area contributed by atoms with E-state index in [0.717, 1.165) is 57.8 Å². The zero-order valence-electron chi connectivity index (χ0n) is 32.8. The maximum Gasteiger partial charge on any atom is 0.472 e.